The van der Waals surface area contributed by atoms with Gasteiger partial charge in [0, 0.05) is 24.7 Å². The Bertz CT molecular complexity index is 658. The molecule has 1 aromatic carbocycles. The largest absolute Gasteiger partial charge is 0.417 e. The molecular weight excluding hydrogens is 234 g/mol. The Morgan fingerprint density at radius 3 is 3.00 bits per heavy atom. The highest BCUT2D eigenvalue weighted by Crippen LogP contribution is 2.24. The van der Waals surface area contributed by atoms with Crippen molar-refractivity contribution in [2.75, 3.05) is 18.5 Å². The van der Waals surface area contributed by atoms with Gasteiger partial charge in [0.05, 0.1) is 5.52 Å². The van der Waals surface area contributed by atoms with Gasteiger partial charge < -0.3 is 14.6 Å². The van der Waals surface area contributed by atoms with Crippen LogP contribution in [0.4, 0.5) is 5.69 Å². The van der Waals surface area contributed by atoms with Gasteiger partial charge in [0.1, 0.15) is 0 Å². The monoisotopic (exact) mass is 247 g/mol. The first kappa shape index (κ1) is 11.0. The highest BCUT2D eigenvalue weighted by atomic mass is 16.4. The number of likely N-dealkylation sites (N-methyl/N-ethyl adjacent to an activating group) is 1. The number of aromatic nitrogens is 1. The Balaban J connectivity index is 1.99. The van der Waals surface area contributed by atoms with Gasteiger partial charge in [-0.3, -0.25) is 9.78 Å². The van der Waals surface area contributed by atoms with E-state index in [0.717, 1.165) is 5.69 Å². The average Bonchev–Trinajstić information content (AvgIpc) is 2.89. The van der Waals surface area contributed by atoms with Crippen molar-refractivity contribution >= 4 is 22.7 Å². The number of rotatable bonds is 2. The van der Waals surface area contributed by atoms with Crippen LogP contribution in [0.5, 0.6) is 0 Å². The van der Waals surface area contributed by atoms with Crippen LogP contribution in [0.15, 0.2) is 27.4 Å². The molecule has 1 aromatic heterocycles. The van der Waals surface area contributed by atoms with E-state index in [2.05, 4.69) is 10.3 Å². The quantitative estimate of drug-likeness (QED) is 0.807. The first-order valence-electron chi connectivity index (χ1n) is 5.78. The Morgan fingerprint density at radius 2 is 2.28 bits per heavy atom. The molecule has 6 nitrogen and oxygen atoms in total. The van der Waals surface area contributed by atoms with Gasteiger partial charge in [-0.05, 0) is 25.2 Å². The van der Waals surface area contributed by atoms with Gasteiger partial charge in [-0.1, -0.05) is 0 Å². The van der Waals surface area contributed by atoms with Crippen LogP contribution in [0.3, 0.4) is 0 Å². The smallest absolute Gasteiger partial charge is 0.408 e. The van der Waals surface area contributed by atoms with Gasteiger partial charge in [-0.25, -0.2) is 4.79 Å². The lowest BCUT2D eigenvalue weighted by molar-refractivity contribution is -0.117. The van der Waals surface area contributed by atoms with Gasteiger partial charge >= 0.3 is 5.76 Å². The van der Waals surface area contributed by atoms with Crippen molar-refractivity contribution in [3.05, 3.63) is 28.7 Å². The van der Waals surface area contributed by atoms with E-state index in [0.29, 0.717) is 24.1 Å². The second kappa shape index (κ2) is 3.99. The van der Waals surface area contributed by atoms with Crippen molar-refractivity contribution in [1.29, 1.82) is 0 Å². The molecule has 0 spiro atoms. The maximum Gasteiger partial charge on any atom is 0.417 e. The fourth-order valence-electron chi connectivity index (χ4n) is 2.26. The van der Waals surface area contributed by atoms with E-state index < -0.39 is 5.76 Å². The van der Waals surface area contributed by atoms with E-state index in [1.54, 1.807) is 23.1 Å². The zero-order chi connectivity index (χ0) is 12.7. The number of benzene rings is 1. The van der Waals surface area contributed by atoms with E-state index in [1.807, 2.05) is 7.05 Å². The van der Waals surface area contributed by atoms with Crippen molar-refractivity contribution in [2.24, 2.45) is 0 Å². The number of anilines is 1. The summed E-state index contributed by atoms with van der Waals surface area (Å²) in [5.41, 5.74) is 1.89. The van der Waals surface area contributed by atoms with E-state index >= 15 is 0 Å². The predicted octanol–water partition coefficient (Wildman–Crippen LogP) is 0.446. The highest BCUT2D eigenvalue weighted by Gasteiger charge is 2.29. The molecule has 6 heteroatoms. The van der Waals surface area contributed by atoms with Crippen LogP contribution in [-0.4, -0.2) is 30.5 Å². The molecule has 3 rings (SSSR count). The number of amides is 1. The maximum atomic E-state index is 11.9. The summed E-state index contributed by atoms with van der Waals surface area (Å²) < 4.78 is 4.93. The Morgan fingerprint density at radius 1 is 1.44 bits per heavy atom. The number of hydrogen-bond donors (Lipinski definition) is 2. The van der Waals surface area contributed by atoms with E-state index in [9.17, 15) is 9.59 Å². The minimum atomic E-state index is -0.483. The second-order valence-electron chi connectivity index (χ2n) is 4.39. The summed E-state index contributed by atoms with van der Waals surface area (Å²) in [4.78, 5) is 27.2. The van der Waals surface area contributed by atoms with E-state index in [1.165, 1.54) is 0 Å². The molecule has 0 aliphatic carbocycles. The number of carbonyl (C=O) groups excluding carboxylic acids is 1. The number of fused-ring (bicyclic) bond motifs is 1. The number of H-pyrrole nitrogens is 1. The summed E-state index contributed by atoms with van der Waals surface area (Å²) in [5.74, 6) is -0.400. The summed E-state index contributed by atoms with van der Waals surface area (Å²) in [6, 6.07) is 5.42. The zero-order valence-electron chi connectivity index (χ0n) is 9.90. The van der Waals surface area contributed by atoms with Crippen LogP contribution < -0.4 is 16.0 Å². The molecule has 1 unspecified atom stereocenters. The van der Waals surface area contributed by atoms with Gasteiger partial charge in [-0.15, -0.1) is 0 Å². The van der Waals surface area contributed by atoms with Gasteiger partial charge in [0.25, 0.3) is 0 Å². The van der Waals surface area contributed by atoms with Crippen molar-refractivity contribution in [1.82, 2.24) is 10.3 Å². The molecule has 0 bridgehead atoms. The number of hydrogen-bond acceptors (Lipinski definition) is 4. The molecule has 1 amide bonds. The zero-order valence-corrected chi connectivity index (χ0v) is 9.90. The van der Waals surface area contributed by atoms with E-state index in [-0.39, 0.29) is 11.9 Å². The standard InChI is InChI=1S/C12H13N3O3/c1-13-7-4-11(16)15(6-7)8-2-3-10-9(5-8)14-12(17)18-10/h2-3,5,7,13H,4,6H2,1H3,(H,14,17). The third-order valence-electron chi connectivity index (χ3n) is 3.25. The van der Waals surface area contributed by atoms with Crippen LogP contribution in [0.25, 0.3) is 11.1 Å². The summed E-state index contributed by atoms with van der Waals surface area (Å²) in [5, 5.41) is 3.10. The minimum absolute atomic E-state index is 0.0829. The molecule has 2 heterocycles. The SMILES string of the molecule is CNC1CC(=O)N(c2ccc3oc(=O)[nH]c3c2)C1. The van der Waals surface area contributed by atoms with Crippen molar-refractivity contribution in [3.8, 4) is 0 Å². The molecule has 0 saturated carbocycles. The summed E-state index contributed by atoms with van der Waals surface area (Å²) >= 11 is 0. The predicted molar refractivity (Wildman–Crippen MR) is 66.7 cm³/mol. The third-order valence-corrected chi connectivity index (χ3v) is 3.25. The van der Waals surface area contributed by atoms with Crippen LogP contribution in [0.2, 0.25) is 0 Å². The number of carbonyl (C=O) groups is 1. The van der Waals surface area contributed by atoms with Crippen LogP contribution >= 0.6 is 0 Å². The molecule has 0 radical (unpaired) electrons. The molecule has 94 valence electrons. The molecule has 1 aliphatic rings. The maximum absolute atomic E-state index is 11.9. The lowest BCUT2D eigenvalue weighted by Crippen LogP contribution is -2.30. The fraction of sp³-hybridized carbons (Fsp3) is 0.333. The minimum Gasteiger partial charge on any atom is -0.408 e. The van der Waals surface area contributed by atoms with Crippen molar-refractivity contribution in [3.63, 3.8) is 0 Å². The average molecular weight is 247 g/mol. The lowest BCUT2D eigenvalue weighted by atomic mass is 10.2. The van der Waals surface area contributed by atoms with Crippen LogP contribution in [0.1, 0.15) is 6.42 Å². The molecular formula is C12H13N3O3. The number of nitrogens with one attached hydrogen (secondary N) is 2. The molecule has 1 atom stereocenters. The number of aromatic amines is 1. The first-order chi connectivity index (χ1) is 8.67. The normalized spacial score (nSPS) is 19.9. The van der Waals surface area contributed by atoms with Gasteiger partial charge in [0.15, 0.2) is 5.58 Å². The second-order valence-corrected chi connectivity index (χ2v) is 4.39. The molecule has 2 N–H and O–H groups in total. The Labute approximate surface area is 103 Å². The molecule has 2 aromatic rings. The first-order valence-corrected chi connectivity index (χ1v) is 5.78. The molecule has 1 aliphatic heterocycles. The Kier molecular flexibility index (Phi) is 2.45. The number of oxazole rings is 1. The van der Waals surface area contributed by atoms with Gasteiger partial charge in [-0.2, -0.15) is 0 Å². The van der Waals surface area contributed by atoms with Crippen LogP contribution in [-0.2, 0) is 4.79 Å². The lowest BCUT2D eigenvalue weighted by Gasteiger charge is -2.16. The molecule has 1 saturated heterocycles. The topological polar surface area (TPSA) is 78.3 Å². The molecule has 1 fully saturated rings. The Hall–Kier alpha value is -2.08. The molecule has 18 heavy (non-hydrogen) atoms. The highest BCUT2D eigenvalue weighted by molar-refractivity contribution is 5.97. The summed E-state index contributed by atoms with van der Waals surface area (Å²) in [6.07, 6.45) is 0.496. The van der Waals surface area contributed by atoms with Crippen molar-refractivity contribution < 1.29 is 9.21 Å². The fourth-order valence-corrected chi connectivity index (χ4v) is 2.26. The van der Waals surface area contributed by atoms with Crippen LogP contribution in [0, 0.1) is 0 Å². The summed E-state index contributed by atoms with van der Waals surface area (Å²) in [6.45, 7) is 0.642. The van der Waals surface area contributed by atoms with Crippen molar-refractivity contribution in [2.45, 2.75) is 12.5 Å². The third kappa shape index (κ3) is 1.70. The summed E-state index contributed by atoms with van der Waals surface area (Å²) in [7, 11) is 1.85. The number of nitrogens with zero attached hydrogens (tertiary/aromatic N) is 1. The van der Waals surface area contributed by atoms with Gasteiger partial charge in [0.2, 0.25) is 5.91 Å². The van der Waals surface area contributed by atoms with E-state index in [4.69, 9.17) is 4.42 Å².